The fourth-order valence-corrected chi connectivity index (χ4v) is 3.70. The van der Waals surface area contributed by atoms with Crippen molar-refractivity contribution in [1.29, 1.82) is 0 Å². The molecule has 0 amide bonds. The third kappa shape index (κ3) is 1.75. The maximum absolute atomic E-state index is 6.07. The monoisotopic (exact) mass is 193 g/mol. The SMILES string of the molecule is C=CCC1CC(N)CCC12CCCC2. The first-order valence-electron chi connectivity index (χ1n) is 6.13. The summed E-state index contributed by atoms with van der Waals surface area (Å²) < 4.78 is 0. The fraction of sp³-hybridized carbons (Fsp3) is 0.846. The Balaban J connectivity index is 2.08. The summed E-state index contributed by atoms with van der Waals surface area (Å²) in [6.45, 7) is 3.89. The minimum absolute atomic E-state index is 0.464. The van der Waals surface area contributed by atoms with Crippen LogP contribution in [0.1, 0.15) is 51.4 Å². The van der Waals surface area contributed by atoms with E-state index in [9.17, 15) is 0 Å². The van der Waals surface area contributed by atoms with Crippen LogP contribution >= 0.6 is 0 Å². The molecule has 2 atom stereocenters. The van der Waals surface area contributed by atoms with Gasteiger partial charge in [0.05, 0.1) is 0 Å². The molecule has 2 N–H and O–H groups in total. The predicted octanol–water partition coefficient (Wildman–Crippen LogP) is 3.25. The van der Waals surface area contributed by atoms with E-state index < -0.39 is 0 Å². The van der Waals surface area contributed by atoms with Crippen LogP contribution in [0.3, 0.4) is 0 Å². The molecule has 0 aromatic carbocycles. The van der Waals surface area contributed by atoms with Crippen molar-refractivity contribution in [1.82, 2.24) is 0 Å². The van der Waals surface area contributed by atoms with Gasteiger partial charge in [-0.2, -0.15) is 0 Å². The second-order valence-corrected chi connectivity index (χ2v) is 5.33. The van der Waals surface area contributed by atoms with E-state index >= 15 is 0 Å². The van der Waals surface area contributed by atoms with Gasteiger partial charge in [0.15, 0.2) is 0 Å². The molecule has 1 heteroatoms. The van der Waals surface area contributed by atoms with Gasteiger partial charge in [0, 0.05) is 6.04 Å². The van der Waals surface area contributed by atoms with Crippen LogP contribution in [0.2, 0.25) is 0 Å². The molecule has 2 fully saturated rings. The predicted molar refractivity (Wildman–Crippen MR) is 61.0 cm³/mol. The molecule has 0 aromatic heterocycles. The molecule has 2 rings (SSSR count). The first kappa shape index (κ1) is 10.2. The highest BCUT2D eigenvalue weighted by atomic mass is 14.7. The van der Waals surface area contributed by atoms with Crippen LogP contribution in [0, 0.1) is 11.3 Å². The summed E-state index contributed by atoms with van der Waals surface area (Å²) in [5, 5.41) is 0. The van der Waals surface area contributed by atoms with E-state index in [0.29, 0.717) is 11.5 Å². The summed E-state index contributed by atoms with van der Waals surface area (Å²) in [7, 11) is 0. The van der Waals surface area contributed by atoms with E-state index in [-0.39, 0.29) is 0 Å². The van der Waals surface area contributed by atoms with Crippen LogP contribution in [-0.4, -0.2) is 6.04 Å². The number of hydrogen-bond acceptors (Lipinski definition) is 1. The Morgan fingerprint density at radius 3 is 2.64 bits per heavy atom. The molecule has 0 bridgehead atoms. The van der Waals surface area contributed by atoms with Gasteiger partial charge < -0.3 is 5.73 Å². The Hall–Kier alpha value is -0.300. The van der Waals surface area contributed by atoms with Crippen molar-refractivity contribution in [2.75, 3.05) is 0 Å². The van der Waals surface area contributed by atoms with E-state index in [0.717, 1.165) is 5.92 Å². The summed E-state index contributed by atoms with van der Waals surface area (Å²) in [4.78, 5) is 0. The zero-order chi connectivity index (χ0) is 10.0. The molecule has 14 heavy (non-hydrogen) atoms. The Morgan fingerprint density at radius 2 is 2.00 bits per heavy atom. The van der Waals surface area contributed by atoms with Crippen molar-refractivity contribution in [3.8, 4) is 0 Å². The first-order chi connectivity index (χ1) is 6.77. The van der Waals surface area contributed by atoms with Crippen LogP contribution in [-0.2, 0) is 0 Å². The van der Waals surface area contributed by atoms with Crippen molar-refractivity contribution in [3.63, 3.8) is 0 Å². The quantitative estimate of drug-likeness (QED) is 0.669. The maximum Gasteiger partial charge on any atom is 0.00419 e. The lowest BCUT2D eigenvalue weighted by atomic mass is 9.63. The number of allylic oxidation sites excluding steroid dienone is 1. The zero-order valence-electron chi connectivity index (χ0n) is 9.17. The highest BCUT2D eigenvalue weighted by Gasteiger charge is 2.43. The van der Waals surface area contributed by atoms with Gasteiger partial charge in [-0.15, -0.1) is 6.58 Å². The van der Waals surface area contributed by atoms with E-state index in [1.165, 1.54) is 51.4 Å². The van der Waals surface area contributed by atoms with Crippen molar-refractivity contribution in [2.45, 2.75) is 57.4 Å². The van der Waals surface area contributed by atoms with Gasteiger partial charge in [-0.3, -0.25) is 0 Å². The number of hydrogen-bond donors (Lipinski definition) is 1. The van der Waals surface area contributed by atoms with Crippen molar-refractivity contribution in [2.24, 2.45) is 17.1 Å². The molecule has 0 aliphatic heterocycles. The normalized spacial score (nSPS) is 36.1. The average molecular weight is 193 g/mol. The van der Waals surface area contributed by atoms with Gasteiger partial charge in [0.2, 0.25) is 0 Å². The molecule has 2 aliphatic carbocycles. The molecule has 0 heterocycles. The summed E-state index contributed by atoms with van der Waals surface area (Å²) in [5.41, 5.74) is 6.74. The van der Waals surface area contributed by atoms with Crippen molar-refractivity contribution >= 4 is 0 Å². The Labute approximate surface area is 87.8 Å². The lowest BCUT2D eigenvalue weighted by molar-refractivity contribution is 0.0915. The molecule has 2 unspecified atom stereocenters. The lowest BCUT2D eigenvalue weighted by Crippen LogP contribution is -2.39. The van der Waals surface area contributed by atoms with Gasteiger partial charge in [0.1, 0.15) is 0 Å². The van der Waals surface area contributed by atoms with Crippen LogP contribution in [0.4, 0.5) is 0 Å². The van der Waals surface area contributed by atoms with Crippen LogP contribution in [0.25, 0.3) is 0 Å². The second-order valence-electron chi connectivity index (χ2n) is 5.33. The summed E-state index contributed by atoms with van der Waals surface area (Å²) in [5.74, 6) is 0.839. The third-order valence-corrected chi connectivity index (χ3v) is 4.52. The first-order valence-corrected chi connectivity index (χ1v) is 6.13. The third-order valence-electron chi connectivity index (χ3n) is 4.52. The lowest BCUT2D eigenvalue weighted by Gasteiger charge is -2.43. The van der Waals surface area contributed by atoms with Gasteiger partial charge in [-0.25, -0.2) is 0 Å². The van der Waals surface area contributed by atoms with Gasteiger partial charge in [-0.1, -0.05) is 18.9 Å². The second kappa shape index (κ2) is 4.06. The fourth-order valence-electron chi connectivity index (χ4n) is 3.70. The highest BCUT2D eigenvalue weighted by Crippen LogP contribution is 2.53. The van der Waals surface area contributed by atoms with Gasteiger partial charge in [0.25, 0.3) is 0 Å². The van der Waals surface area contributed by atoms with E-state index in [1.54, 1.807) is 0 Å². The minimum Gasteiger partial charge on any atom is -0.328 e. The minimum atomic E-state index is 0.464. The molecular formula is C13H23N. The van der Waals surface area contributed by atoms with E-state index in [1.807, 2.05) is 0 Å². The Kier molecular flexibility index (Phi) is 2.96. The molecule has 0 saturated heterocycles. The Bertz CT molecular complexity index is 203. The molecule has 0 aromatic rings. The van der Waals surface area contributed by atoms with Gasteiger partial charge >= 0.3 is 0 Å². The summed E-state index contributed by atoms with van der Waals surface area (Å²) in [6.07, 6.45) is 13.0. The Morgan fingerprint density at radius 1 is 1.29 bits per heavy atom. The number of nitrogens with two attached hydrogens (primary N) is 1. The van der Waals surface area contributed by atoms with Crippen LogP contribution in [0.15, 0.2) is 12.7 Å². The standard InChI is InChI=1S/C13H23N/c1-2-5-11-10-12(14)6-9-13(11)7-3-4-8-13/h2,11-12H,1,3-10,14H2. The summed E-state index contributed by atoms with van der Waals surface area (Å²) >= 11 is 0. The summed E-state index contributed by atoms with van der Waals surface area (Å²) in [6, 6.07) is 0.464. The maximum atomic E-state index is 6.07. The molecular weight excluding hydrogens is 170 g/mol. The van der Waals surface area contributed by atoms with Crippen molar-refractivity contribution < 1.29 is 0 Å². The highest BCUT2D eigenvalue weighted by molar-refractivity contribution is 4.98. The van der Waals surface area contributed by atoms with Crippen molar-refractivity contribution in [3.05, 3.63) is 12.7 Å². The van der Waals surface area contributed by atoms with Crippen LogP contribution < -0.4 is 5.73 Å². The topological polar surface area (TPSA) is 26.0 Å². The number of rotatable bonds is 2. The van der Waals surface area contributed by atoms with E-state index in [4.69, 9.17) is 5.73 Å². The molecule has 2 aliphatic rings. The molecule has 1 nitrogen and oxygen atoms in total. The molecule has 2 saturated carbocycles. The molecule has 80 valence electrons. The smallest absolute Gasteiger partial charge is 0.00419 e. The van der Waals surface area contributed by atoms with Gasteiger partial charge in [-0.05, 0) is 49.9 Å². The van der Waals surface area contributed by atoms with E-state index in [2.05, 4.69) is 12.7 Å². The zero-order valence-corrected chi connectivity index (χ0v) is 9.17. The average Bonchev–Trinajstić information content (AvgIpc) is 2.62. The largest absolute Gasteiger partial charge is 0.328 e. The molecule has 1 spiro atoms. The molecule has 0 radical (unpaired) electrons. The van der Waals surface area contributed by atoms with Crippen LogP contribution in [0.5, 0.6) is 0 Å².